The molecule has 1 aliphatic rings. The van der Waals surface area contributed by atoms with E-state index in [0.29, 0.717) is 31.1 Å². The zero-order valence-electron chi connectivity index (χ0n) is 15.4. The van der Waals surface area contributed by atoms with Crippen molar-refractivity contribution in [3.05, 3.63) is 36.9 Å². The summed E-state index contributed by atoms with van der Waals surface area (Å²) in [5, 5.41) is 0. The van der Waals surface area contributed by atoms with E-state index < -0.39 is 5.97 Å². The van der Waals surface area contributed by atoms with Crippen LogP contribution >= 0.6 is 0 Å². The second kappa shape index (κ2) is 10.6. The highest BCUT2D eigenvalue weighted by molar-refractivity contribution is 5.81. The molecule has 0 N–H and O–H groups in total. The van der Waals surface area contributed by atoms with Gasteiger partial charge in [0.1, 0.15) is 11.5 Å². The summed E-state index contributed by atoms with van der Waals surface area (Å²) in [5.41, 5.74) is 0. The summed E-state index contributed by atoms with van der Waals surface area (Å²) in [5.74, 6) is 1.45. The Bertz CT molecular complexity index is 585. The first kappa shape index (κ1) is 20.0. The van der Waals surface area contributed by atoms with Crippen molar-refractivity contribution in [1.82, 2.24) is 0 Å². The first-order chi connectivity index (χ1) is 12.6. The highest BCUT2D eigenvalue weighted by Gasteiger charge is 2.26. The minimum absolute atomic E-state index is 0.0204. The number of benzene rings is 1. The number of carbonyl (C=O) groups excluding carboxylic acids is 2. The number of carbonyl (C=O) groups is 2. The molecular formula is C21H28O5. The van der Waals surface area contributed by atoms with Gasteiger partial charge in [-0.15, -0.1) is 0 Å². The third-order valence-corrected chi connectivity index (χ3v) is 4.77. The highest BCUT2D eigenvalue weighted by Crippen LogP contribution is 2.31. The van der Waals surface area contributed by atoms with Crippen LogP contribution in [-0.2, 0) is 14.3 Å². The third kappa shape index (κ3) is 6.54. The van der Waals surface area contributed by atoms with Gasteiger partial charge < -0.3 is 14.2 Å². The van der Waals surface area contributed by atoms with Crippen molar-refractivity contribution < 1.29 is 23.8 Å². The lowest BCUT2D eigenvalue weighted by Crippen LogP contribution is -2.25. The average Bonchev–Trinajstić information content (AvgIpc) is 2.68. The van der Waals surface area contributed by atoms with E-state index in [-0.39, 0.29) is 11.9 Å². The van der Waals surface area contributed by atoms with Gasteiger partial charge in [-0.2, -0.15) is 0 Å². The number of hydrogen-bond donors (Lipinski definition) is 0. The molecule has 0 amide bonds. The molecule has 0 saturated heterocycles. The van der Waals surface area contributed by atoms with Gasteiger partial charge in [-0.05, 0) is 55.9 Å². The Labute approximate surface area is 155 Å². The summed E-state index contributed by atoms with van der Waals surface area (Å²) in [6.07, 6.45) is 7.01. The molecule has 5 nitrogen and oxygen atoms in total. The molecule has 26 heavy (non-hydrogen) atoms. The maximum Gasteiger partial charge on any atom is 0.330 e. The largest absolute Gasteiger partial charge is 0.493 e. The Balaban J connectivity index is 1.69. The molecule has 0 spiro atoms. The SMILES string of the molecule is C=CC(=O)OCCCOc1ccc(OC(=O)C2CCC(CC)CC2)cc1. The van der Waals surface area contributed by atoms with Crippen LogP contribution in [0, 0.1) is 11.8 Å². The molecule has 5 heteroatoms. The molecule has 2 rings (SSSR count). The van der Waals surface area contributed by atoms with Crippen molar-refractivity contribution in [3.8, 4) is 11.5 Å². The molecule has 0 heterocycles. The van der Waals surface area contributed by atoms with Gasteiger partial charge in [-0.3, -0.25) is 4.79 Å². The Morgan fingerprint density at radius 3 is 2.35 bits per heavy atom. The standard InChI is InChI=1S/C21H28O5/c1-3-16-6-8-17(9-7-16)21(23)26-19-12-10-18(11-13-19)24-14-5-15-25-20(22)4-2/h4,10-13,16-17H,2-3,5-9,14-15H2,1H3. The number of hydrogen-bond acceptors (Lipinski definition) is 5. The molecule has 1 aromatic carbocycles. The van der Waals surface area contributed by atoms with E-state index in [9.17, 15) is 9.59 Å². The van der Waals surface area contributed by atoms with Crippen LogP contribution in [0.5, 0.6) is 11.5 Å². The summed E-state index contributed by atoms with van der Waals surface area (Å²) in [7, 11) is 0. The zero-order chi connectivity index (χ0) is 18.8. The van der Waals surface area contributed by atoms with E-state index >= 15 is 0 Å². The molecule has 0 bridgehead atoms. The first-order valence-electron chi connectivity index (χ1n) is 9.36. The smallest absolute Gasteiger partial charge is 0.330 e. The topological polar surface area (TPSA) is 61.8 Å². The minimum Gasteiger partial charge on any atom is -0.493 e. The van der Waals surface area contributed by atoms with Crippen LogP contribution in [0.1, 0.15) is 45.4 Å². The minimum atomic E-state index is -0.431. The summed E-state index contributed by atoms with van der Waals surface area (Å²) in [6.45, 7) is 6.27. The van der Waals surface area contributed by atoms with Gasteiger partial charge in [0, 0.05) is 12.5 Å². The van der Waals surface area contributed by atoms with Crippen LogP contribution in [0.3, 0.4) is 0 Å². The Hall–Kier alpha value is -2.30. The monoisotopic (exact) mass is 360 g/mol. The number of esters is 2. The molecule has 1 aromatic rings. The predicted octanol–water partition coefficient (Wildman–Crippen LogP) is 4.31. The average molecular weight is 360 g/mol. The van der Waals surface area contributed by atoms with Gasteiger partial charge in [-0.25, -0.2) is 4.79 Å². The van der Waals surface area contributed by atoms with Crippen LogP contribution in [0.2, 0.25) is 0 Å². The molecule has 0 radical (unpaired) electrons. The molecule has 142 valence electrons. The predicted molar refractivity (Wildman–Crippen MR) is 99.1 cm³/mol. The third-order valence-electron chi connectivity index (χ3n) is 4.77. The zero-order valence-corrected chi connectivity index (χ0v) is 15.4. The summed E-state index contributed by atoms with van der Waals surface area (Å²) < 4.78 is 15.9. The van der Waals surface area contributed by atoms with E-state index in [1.807, 2.05) is 0 Å². The maximum absolute atomic E-state index is 12.3. The molecule has 0 atom stereocenters. The van der Waals surface area contributed by atoms with E-state index in [0.717, 1.165) is 37.7 Å². The summed E-state index contributed by atoms with van der Waals surface area (Å²) >= 11 is 0. The quantitative estimate of drug-likeness (QED) is 0.284. The number of ether oxygens (including phenoxy) is 3. The second-order valence-corrected chi connectivity index (χ2v) is 6.59. The first-order valence-corrected chi connectivity index (χ1v) is 9.36. The van der Waals surface area contributed by atoms with E-state index in [1.165, 1.54) is 6.42 Å². The Morgan fingerprint density at radius 2 is 1.73 bits per heavy atom. The van der Waals surface area contributed by atoms with Gasteiger partial charge in [0.2, 0.25) is 0 Å². The van der Waals surface area contributed by atoms with Crippen molar-refractivity contribution in [1.29, 1.82) is 0 Å². The van der Waals surface area contributed by atoms with Gasteiger partial charge >= 0.3 is 11.9 Å². The van der Waals surface area contributed by atoms with Crippen molar-refractivity contribution in [2.45, 2.75) is 45.4 Å². The van der Waals surface area contributed by atoms with Gasteiger partial charge in [0.05, 0.1) is 19.1 Å². The number of rotatable bonds is 9. The lowest BCUT2D eigenvalue weighted by molar-refractivity contribution is -0.140. The molecule has 1 saturated carbocycles. The van der Waals surface area contributed by atoms with Crippen molar-refractivity contribution in [3.63, 3.8) is 0 Å². The van der Waals surface area contributed by atoms with Crippen molar-refractivity contribution in [2.24, 2.45) is 11.8 Å². The molecule has 1 aliphatic carbocycles. The fraction of sp³-hybridized carbons (Fsp3) is 0.524. The molecule has 0 aromatic heterocycles. The fourth-order valence-electron chi connectivity index (χ4n) is 3.09. The van der Waals surface area contributed by atoms with Gasteiger partial charge in [0.15, 0.2) is 0 Å². The van der Waals surface area contributed by atoms with Gasteiger partial charge in [-0.1, -0.05) is 19.9 Å². The Kier molecular flexibility index (Phi) is 8.19. The Morgan fingerprint density at radius 1 is 1.08 bits per heavy atom. The fourth-order valence-corrected chi connectivity index (χ4v) is 3.09. The lowest BCUT2D eigenvalue weighted by atomic mass is 9.81. The maximum atomic E-state index is 12.3. The lowest BCUT2D eigenvalue weighted by Gasteiger charge is -2.26. The van der Waals surface area contributed by atoms with E-state index in [1.54, 1.807) is 24.3 Å². The van der Waals surface area contributed by atoms with Crippen LogP contribution in [-0.4, -0.2) is 25.2 Å². The van der Waals surface area contributed by atoms with Crippen molar-refractivity contribution in [2.75, 3.05) is 13.2 Å². The molecular weight excluding hydrogens is 332 g/mol. The van der Waals surface area contributed by atoms with Crippen molar-refractivity contribution >= 4 is 11.9 Å². The second-order valence-electron chi connectivity index (χ2n) is 6.59. The molecule has 0 unspecified atom stereocenters. The van der Waals surface area contributed by atoms with Crippen LogP contribution < -0.4 is 9.47 Å². The van der Waals surface area contributed by atoms with Crippen LogP contribution in [0.4, 0.5) is 0 Å². The summed E-state index contributed by atoms with van der Waals surface area (Å²) in [6, 6.07) is 7.02. The van der Waals surface area contributed by atoms with Gasteiger partial charge in [0.25, 0.3) is 0 Å². The van der Waals surface area contributed by atoms with E-state index in [2.05, 4.69) is 13.5 Å². The van der Waals surface area contributed by atoms with Crippen LogP contribution in [0.25, 0.3) is 0 Å². The van der Waals surface area contributed by atoms with Crippen LogP contribution in [0.15, 0.2) is 36.9 Å². The molecule has 1 fully saturated rings. The van der Waals surface area contributed by atoms with E-state index in [4.69, 9.17) is 14.2 Å². The summed E-state index contributed by atoms with van der Waals surface area (Å²) in [4.78, 5) is 23.2. The molecule has 0 aliphatic heterocycles. The normalized spacial score (nSPS) is 19.4. The highest BCUT2D eigenvalue weighted by atomic mass is 16.5.